The molecule has 0 aliphatic carbocycles. The number of amides is 2. The van der Waals surface area contributed by atoms with Gasteiger partial charge in [-0.1, -0.05) is 18.2 Å². The van der Waals surface area contributed by atoms with E-state index >= 15 is 0 Å². The van der Waals surface area contributed by atoms with Crippen LogP contribution < -0.4 is 15.2 Å². The lowest BCUT2D eigenvalue weighted by atomic mass is 9.89. The number of ether oxygens (including phenoxy) is 2. The van der Waals surface area contributed by atoms with Crippen LogP contribution in [-0.4, -0.2) is 43.5 Å². The number of methoxy groups -OCH3 is 1. The number of nitrogens with zero attached hydrogens (tertiary/aromatic N) is 1. The molecule has 3 rings (SSSR count). The van der Waals surface area contributed by atoms with Crippen molar-refractivity contribution in [3.8, 4) is 11.5 Å². The fourth-order valence-corrected chi connectivity index (χ4v) is 3.55. The van der Waals surface area contributed by atoms with E-state index in [-0.39, 0.29) is 12.5 Å². The third-order valence-electron chi connectivity index (χ3n) is 5.09. The first-order valence-electron chi connectivity index (χ1n) is 9.49. The Balaban J connectivity index is 1.53. The van der Waals surface area contributed by atoms with Gasteiger partial charge in [0.05, 0.1) is 7.11 Å². The van der Waals surface area contributed by atoms with Gasteiger partial charge < -0.3 is 20.1 Å². The molecular formula is C22H26N2O4. The topological polar surface area (TPSA) is 81.9 Å². The van der Waals surface area contributed by atoms with Gasteiger partial charge in [-0.25, -0.2) is 0 Å². The summed E-state index contributed by atoms with van der Waals surface area (Å²) in [7, 11) is 1.70. The minimum Gasteiger partial charge on any atom is -0.496 e. The Morgan fingerprint density at radius 2 is 1.75 bits per heavy atom. The third kappa shape index (κ3) is 5.03. The van der Waals surface area contributed by atoms with E-state index in [1.807, 2.05) is 23.1 Å². The molecule has 2 N–H and O–H groups in total. The number of para-hydroxylation sites is 1. The van der Waals surface area contributed by atoms with E-state index in [0.29, 0.717) is 17.2 Å². The highest BCUT2D eigenvalue weighted by Crippen LogP contribution is 2.27. The van der Waals surface area contributed by atoms with Crippen LogP contribution in [-0.2, 0) is 11.2 Å². The molecule has 1 heterocycles. The van der Waals surface area contributed by atoms with Gasteiger partial charge in [0.25, 0.3) is 11.8 Å². The minimum absolute atomic E-state index is 0.0252. The minimum atomic E-state index is -0.531. The third-order valence-corrected chi connectivity index (χ3v) is 5.09. The largest absolute Gasteiger partial charge is 0.496 e. The molecule has 1 aliphatic rings. The molecule has 1 saturated heterocycles. The summed E-state index contributed by atoms with van der Waals surface area (Å²) in [5, 5.41) is 0. The molecule has 1 aliphatic heterocycles. The van der Waals surface area contributed by atoms with Crippen molar-refractivity contribution >= 4 is 11.8 Å². The van der Waals surface area contributed by atoms with Crippen LogP contribution in [0.1, 0.15) is 28.8 Å². The maximum atomic E-state index is 12.7. The fraction of sp³-hybridized carbons (Fsp3) is 0.364. The summed E-state index contributed by atoms with van der Waals surface area (Å²) < 4.78 is 10.7. The Hall–Kier alpha value is -3.02. The van der Waals surface area contributed by atoms with Crippen molar-refractivity contribution in [3.05, 3.63) is 59.7 Å². The van der Waals surface area contributed by atoms with Crippen LogP contribution in [0.2, 0.25) is 0 Å². The molecule has 148 valence electrons. The van der Waals surface area contributed by atoms with E-state index in [9.17, 15) is 9.59 Å². The molecule has 2 aromatic carbocycles. The van der Waals surface area contributed by atoms with Gasteiger partial charge in [0, 0.05) is 18.7 Å². The fourth-order valence-electron chi connectivity index (χ4n) is 3.55. The molecule has 6 nitrogen and oxygen atoms in total. The summed E-state index contributed by atoms with van der Waals surface area (Å²) in [4.78, 5) is 25.4. The summed E-state index contributed by atoms with van der Waals surface area (Å²) in [6, 6.07) is 14.9. The van der Waals surface area contributed by atoms with Crippen molar-refractivity contribution in [2.75, 3.05) is 26.8 Å². The van der Waals surface area contributed by atoms with E-state index < -0.39 is 5.91 Å². The molecule has 1 fully saturated rings. The quantitative estimate of drug-likeness (QED) is 0.798. The highest BCUT2D eigenvalue weighted by Gasteiger charge is 2.24. The number of primary amides is 1. The molecule has 0 aromatic heterocycles. The average molecular weight is 382 g/mol. The summed E-state index contributed by atoms with van der Waals surface area (Å²) in [5.74, 6) is 1.49. The normalized spacial score (nSPS) is 14.5. The van der Waals surface area contributed by atoms with Crippen LogP contribution in [0.4, 0.5) is 0 Å². The van der Waals surface area contributed by atoms with Crippen LogP contribution in [0, 0.1) is 5.92 Å². The van der Waals surface area contributed by atoms with Crippen molar-refractivity contribution in [3.63, 3.8) is 0 Å². The maximum absolute atomic E-state index is 12.7. The standard InChI is InChI=1S/C22H26N2O4/c1-27-20-5-3-2-4-18(20)14-16-10-12-24(13-11-16)22(26)17-6-8-19(9-7-17)28-15-21(23)25/h2-9,16H,10-15H2,1H3,(H2,23,25). The van der Waals surface area contributed by atoms with Gasteiger partial charge in [0.1, 0.15) is 11.5 Å². The highest BCUT2D eigenvalue weighted by molar-refractivity contribution is 5.94. The first kappa shape index (κ1) is 19.7. The Morgan fingerprint density at radius 3 is 2.39 bits per heavy atom. The molecule has 0 bridgehead atoms. The molecule has 0 radical (unpaired) electrons. The monoisotopic (exact) mass is 382 g/mol. The second kappa shape index (κ2) is 9.26. The molecule has 0 unspecified atom stereocenters. The lowest BCUT2D eigenvalue weighted by Gasteiger charge is -2.32. The SMILES string of the molecule is COc1ccccc1CC1CCN(C(=O)c2ccc(OCC(N)=O)cc2)CC1. The van der Waals surface area contributed by atoms with Gasteiger partial charge >= 0.3 is 0 Å². The summed E-state index contributed by atoms with van der Waals surface area (Å²) in [6.45, 7) is 1.32. The van der Waals surface area contributed by atoms with Gasteiger partial charge in [-0.15, -0.1) is 0 Å². The van der Waals surface area contributed by atoms with Crippen molar-refractivity contribution in [1.29, 1.82) is 0 Å². The number of likely N-dealkylation sites (tertiary alicyclic amines) is 1. The Kier molecular flexibility index (Phi) is 6.53. The zero-order valence-electron chi connectivity index (χ0n) is 16.1. The van der Waals surface area contributed by atoms with E-state index in [0.717, 1.165) is 38.1 Å². The first-order chi connectivity index (χ1) is 13.6. The molecule has 2 amide bonds. The molecule has 0 saturated carbocycles. The molecular weight excluding hydrogens is 356 g/mol. The van der Waals surface area contributed by atoms with Gasteiger partial charge in [0.2, 0.25) is 0 Å². The number of nitrogens with two attached hydrogens (primary N) is 1. The molecule has 6 heteroatoms. The van der Waals surface area contributed by atoms with Gasteiger partial charge in [-0.05, 0) is 61.1 Å². The number of carbonyl (C=O) groups is 2. The van der Waals surface area contributed by atoms with E-state index in [1.54, 1.807) is 31.4 Å². The van der Waals surface area contributed by atoms with Gasteiger partial charge in [-0.3, -0.25) is 9.59 Å². The average Bonchev–Trinajstić information content (AvgIpc) is 2.73. The van der Waals surface area contributed by atoms with Gasteiger partial charge in [0.15, 0.2) is 6.61 Å². The lowest BCUT2D eigenvalue weighted by Crippen LogP contribution is -2.38. The van der Waals surface area contributed by atoms with E-state index in [1.165, 1.54) is 5.56 Å². The number of hydrogen-bond acceptors (Lipinski definition) is 4. The van der Waals surface area contributed by atoms with Crippen LogP contribution in [0.15, 0.2) is 48.5 Å². The number of hydrogen-bond donors (Lipinski definition) is 1. The highest BCUT2D eigenvalue weighted by atomic mass is 16.5. The van der Waals surface area contributed by atoms with E-state index in [4.69, 9.17) is 15.2 Å². The van der Waals surface area contributed by atoms with Gasteiger partial charge in [-0.2, -0.15) is 0 Å². The summed E-state index contributed by atoms with van der Waals surface area (Å²) >= 11 is 0. The number of rotatable bonds is 7. The molecule has 28 heavy (non-hydrogen) atoms. The maximum Gasteiger partial charge on any atom is 0.255 e. The second-order valence-corrected chi connectivity index (χ2v) is 7.03. The zero-order valence-corrected chi connectivity index (χ0v) is 16.1. The summed E-state index contributed by atoms with van der Waals surface area (Å²) in [5.41, 5.74) is 6.90. The Labute approximate surface area is 165 Å². The first-order valence-corrected chi connectivity index (χ1v) is 9.49. The number of carbonyl (C=O) groups excluding carboxylic acids is 2. The smallest absolute Gasteiger partial charge is 0.255 e. The van der Waals surface area contributed by atoms with Crippen LogP contribution >= 0.6 is 0 Å². The van der Waals surface area contributed by atoms with Crippen LogP contribution in [0.3, 0.4) is 0 Å². The van der Waals surface area contributed by atoms with Crippen LogP contribution in [0.5, 0.6) is 11.5 Å². The Morgan fingerprint density at radius 1 is 1.07 bits per heavy atom. The Bertz CT molecular complexity index is 812. The van der Waals surface area contributed by atoms with E-state index in [2.05, 4.69) is 6.07 Å². The molecule has 0 atom stereocenters. The molecule has 2 aromatic rings. The predicted molar refractivity (Wildman–Crippen MR) is 106 cm³/mol. The summed E-state index contributed by atoms with van der Waals surface area (Å²) in [6.07, 6.45) is 2.92. The molecule has 0 spiro atoms. The zero-order chi connectivity index (χ0) is 19.9. The number of piperidine rings is 1. The van der Waals surface area contributed by atoms with Crippen molar-refractivity contribution < 1.29 is 19.1 Å². The lowest BCUT2D eigenvalue weighted by molar-refractivity contribution is -0.119. The predicted octanol–water partition coefficient (Wildman–Crippen LogP) is 2.65. The van der Waals surface area contributed by atoms with Crippen molar-refractivity contribution in [1.82, 2.24) is 4.90 Å². The van der Waals surface area contributed by atoms with Crippen LogP contribution in [0.25, 0.3) is 0 Å². The van der Waals surface area contributed by atoms with Crippen molar-refractivity contribution in [2.24, 2.45) is 11.7 Å². The van der Waals surface area contributed by atoms with Crippen molar-refractivity contribution in [2.45, 2.75) is 19.3 Å². The number of benzene rings is 2. The second-order valence-electron chi connectivity index (χ2n) is 7.03.